The van der Waals surface area contributed by atoms with Crippen LogP contribution >= 0.6 is 0 Å². The van der Waals surface area contributed by atoms with Crippen molar-refractivity contribution in [2.24, 2.45) is 0 Å². The minimum atomic E-state index is -0.712. The van der Waals surface area contributed by atoms with Crippen LogP contribution in [-0.4, -0.2) is 64.8 Å². The number of nitrogens with zero attached hydrogens (tertiary/aromatic N) is 4. The Bertz CT molecular complexity index is 815. The average molecular weight is 399 g/mol. The molecule has 2 amide bonds. The first kappa shape index (κ1) is 22.7. The van der Waals surface area contributed by atoms with Gasteiger partial charge in [0.15, 0.2) is 5.66 Å². The van der Waals surface area contributed by atoms with Crippen LogP contribution in [-0.2, 0) is 17.0 Å². The molecular weight excluding hydrogens is 364 g/mol. The smallest absolute Gasteiger partial charge is 0.272 e. The summed E-state index contributed by atoms with van der Waals surface area (Å²) in [7, 11) is 4.11. The van der Waals surface area contributed by atoms with Crippen molar-refractivity contribution in [3.63, 3.8) is 0 Å². The van der Waals surface area contributed by atoms with Crippen molar-refractivity contribution in [2.75, 3.05) is 33.7 Å². The molecule has 2 aromatic rings. The molecule has 1 unspecified atom stereocenters. The Morgan fingerprint density at radius 2 is 1.69 bits per heavy atom. The van der Waals surface area contributed by atoms with Gasteiger partial charge in [-0.25, -0.2) is 0 Å². The van der Waals surface area contributed by atoms with Gasteiger partial charge in [-0.1, -0.05) is 51.1 Å². The molecule has 2 aliphatic rings. The summed E-state index contributed by atoms with van der Waals surface area (Å²) in [5.41, 5.74) is 0.961. The molecular formula is C23H34N4O2. The molecule has 0 aliphatic carbocycles. The Kier molecular flexibility index (Phi) is 7.62. The molecule has 1 aromatic heterocycles. The lowest BCUT2D eigenvalue weighted by Crippen LogP contribution is -2.59. The van der Waals surface area contributed by atoms with Gasteiger partial charge < -0.3 is 19.3 Å². The van der Waals surface area contributed by atoms with E-state index in [9.17, 15) is 9.59 Å². The summed E-state index contributed by atoms with van der Waals surface area (Å²) < 4.78 is 1.95. The molecule has 1 aromatic carbocycles. The Morgan fingerprint density at radius 3 is 2.24 bits per heavy atom. The molecule has 0 bridgehead atoms. The van der Waals surface area contributed by atoms with Crippen LogP contribution in [0.1, 0.15) is 43.7 Å². The number of fused-ring (bicyclic) bond motifs is 2. The largest absolute Gasteiger partial charge is 0.339 e. The molecule has 6 heteroatoms. The van der Waals surface area contributed by atoms with E-state index in [1.54, 1.807) is 6.92 Å². The summed E-state index contributed by atoms with van der Waals surface area (Å²) in [6.45, 7) is 10.5. The number of benzene rings is 1. The van der Waals surface area contributed by atoms with Crippen LogP contribution in [0.2, 0.25) is 0 Å². The lowest BCUT2D eigenvalue weighted by Gasteiger charge is -2.47. The lowest BCUT2D eigenvalue weighted by atomic mass is 9.94. The van der Waals surface area contributed by atoms with Crippen molar-refractivity contribution in [2.45, 2.75) is 39.9 Å². The molecule has 158 valence electrons. The highest BCUT2D eigenvalue weighted by Crippen LogP contribution is 2.42. The van der Waals surface area contributed by atoms with Crippen LogP contribution in [0.3, 0.4) is 0 Å². The maximum atomic E-state index is 12.9. The van der Waals surface area contributed by atoms with Crippen molar-refractivity contribution in [3.8, 4) is 0 Å². The van der Waals surface area contributed by atoms with Crippen LogP contribution in [0.15, 0.2) is 48.7 Å². The van der Waals surface area contributed by atoms with Gasteiger partial charge in [-0.15, -0.1) is 0 Å². The Hall–Kier alpha value is -2.60. The summed E-state index contributed by atoms with van der Waals surface area (Å²) in [6, 6.07) is 13.6. The lowest BCUT2D eigenvalue weighted by molar-refractivity contribution is -0.138. The number of aromatic nitrogens is 1. The zero-order chi connectivity index (χ0) is 21.6. The number of amides is 2. The summed E-state index contributed by atoms with van der Waals surface area (Å²) in [5, 5.41) is 0. The van der Waals surface area contributed by atoms with Gasteiger partial charge in [0.25, 0.3) is 5.91 Å². The number of hydrogen-bond donors (Lipinski definition) is 0. The van der Waals surface area contributed by atoms with Crippen LogP contribution in [0.25, 0.3) is 0 Å². The Labute approximate surface area is 174 Å². The third-order valence-electron chi connectivity index (χ3n) is 5.37. The predicted molar refractivity (Wildman–Crippen MR) is 117 cm³/mol. The van der Waals surface area contributed by atoms with Crippen molar-refractivity contribution >= 4 is 11.8 Å². The van der Waals surface area contributed by atoms with Crippen LogP contribution in [0.4, 0.5) is 0 Å². The van der Waals surface area contributed by atoms with Gasteiger partial charge in [0.05, 0.1) is 6.54 Å². The highest BCUT2D eigenvalue weighted by Gasteiger charge is 2.55. The standard InChI is InChI=1S/C17H17N3O2.C4H11N.C2H6/c1-13(21)19-10-11-20-16(22)15-8-5-9-18(15)12-17(19,20)14-6-3-2-4-7-14;1-4-5(2)3;1-2/h2-9H,10-12H2,1H3;4H2,1-3H3;1-2H3. The second-order valence-corrected chi connectivity index (χ2v) is 7.23. The SMILES string of the molecule is CC.CC(=O)N1CCN2C(=O)c3cccn3CC12c1ccccc1.CCN(C)C. The normalized spacial score (nSPS) is 19.6. The fraction of sp³-hybridized carbons (Fsp3) is 0.478. The highest BCUT2D eigenvalue weighted by atomic mass is 16.2. The average Bonchev–Trinajstić information content (AvgIpc) is 3.36. The number of carbonyl (C=O) groups is 2. The van der Waals surface area contributed by atoms with Crippen molar-refractivity contribution in [1.29, 1.82) is 0 Å². The van der Waals surface area contributed by atoms with Gasteiger partial charge in [-0.3, -0.25) is 9.59 Å². The van der Waals surface area contributed by atoms with Gasteiger partial charge in [-0.2, -0.15) is 0 Å². The Morgan fingerprint density at radius 1 is 1.07 bits per heavy atom. The predicted octanol–water partition coefficient (Wildman–Crippen LogP) is 3.25. The number of rotatable bonds is 2. The van der Waals surface area contributed by atoms with E-state index in [0.29, 0.717) is 25.3 Å². The van der Waals surface area contributed by atoms with E-state index in [4.69, 9.17) is 0 Å². The van der Waals surface area contributed by atoms with E-state index in [0.717, 1.165) is 12.1 Å². The second kappa shape index (κ2) is 9.74. The van der Waals surface area contributed by atoms with Crippen molar-refractivity contribution < 1.29 is 9.59 Å². The highest BCUT2D eigenvalue weighted by molar-refractivity contribution is 5.95. The molecule has 1 fully saturated rings. The van der Waals surface area contributed by atoms with Crippen molar-refractivity contribution in [3.05, 3.63) is 59.9 Å². The van der Waals surface area contributed by atoms with Gasteiger partial charge >= 0.3 is 0 Å². The van der Waals surface area contributed by atoms with Gasteiger partial charge in [0.2, 0.25) is 5.91 Å². The summed E-state index contributed by atoms with van der Waals surface area (Å²) >= 11 is 0. The topological polar surface area (TPSA) is 48.8 Å². The fourth-order valence-electron chi connectivity index (χ4n) is 3.80. The fourth-order valence-corrected chi connectivity index (χ4v) is 3.80. The first-order valence-electron chi connectivity index (χ1n) is 10.4. The molecule has 0 radical (unpaired) electrons. The van der Waals surface area contributed by atoms with Gasteiger partial charge in [0, 0.05) is 26.2 Å². The molecule has 29 heavy (non-hydrogen) atoms. The van der Waals surface area contributed by atoms with Crippen molar-refractivity contribution in [1.82, 2.24) is 19.3 Å². The molecule has 1 atom stereocenters. The maximum Gasteiger partial charge on any atom is 0.272 e. The molecule has 1 saturated heterocycles. The molecule has 2 aliphatic heterocycles. The van der Waals surface area contributed by atoms with E-state index < -0.39 is 5.66 Å². The quantitative estimate of drug-likeness (QED) is 0.780. The molecule has 6 nitrogen and oxygen atoms in total. The van der Waals surface area contributed by atoms with Crippen LogP contribution < -0.4 is 0 Å². The Balaban J connectivity index is 0.000000378. The summed E-state index contributed by atoms with van der Waals surface area (Å²) in [5.74, 6) is -0.0152. The monoisotopic (exact) mass is 398 g/mol. The van der Waals surface area contributed by atoms with E-state index in [1.165, 1.54) is 0 Å². The zero-order valence-electron chi connectivity index (χ0n) is 18.6. The van der Waals surface area contributed by atoms with E-state index >= 15 is 0 Å². The number of hydrogen-bond acceptors (Lipinski definition) is 3. The summed E-state index contributed by atoms with van der Waals surface area (Å²) in [6.07, 6.45) is 1.91. The van der Waals surface area contributed by atoms with Gasteiger partial charge in [0.1, 0.15) is 5.69 Å². The van der Waals surface area contributed by atoms with E-state index in [1.807, 2.05) is 76.9 Å². The maximum absolute atomic E-state index is 12.9. The van der Waals surface area contributed by atoms with Crippen LogP contribution in [0, 0.1) is 0 Å². The zero-order valence-corrected chi connectivity index (χ0v) is 18.6. The number of carbonyl (C=O) groups excluding carboxylic acids is 2. The summed E-state index contributed by atoms with van der Waals surface area (Å²) in [4.78, 5) is 30.9. The molecule has 4 rings (SSSR count). The minimum absolute atomic E-state index is 0.00485. The first-order valence-corrected chi connectivity index (χ1v) is 10.4. The van der Waals surface area contributed by atoms with Crippen LogP contribution in [0.5, 0.6) is 0 Å². The van der Waals surface area contributed by atoms with E-state index in [2.05, 4.69) is 25.9 Å². The van der Waals surface area contributed by atoms with Gasteiger partial charge in [-0.05, 0) is 38.3 Å². The third-order valence-corrected chi connectivity index (χ3v) is 5.37. The molecule has 0 saturated carbocycles. The second-order valence-electron chi connectivity index (χ2n) is 7.23. The minimum Gasteiger partial charge on any atom is -0.339 e. The van der Waals surface area contributed by atoms with E-state index in [-0.39, 0.29) is 11.8 Å². The molecule has 0 spiro atoms. The third kappa shape index (κ3) is 4.22. The first-order chi connectivity index (χ1) is 13.9. The molecule has 3 heterocycles. The molecule has 0 N–H and O–H groups in total.